The zero-order valence-corrected chi connectivity index (χ0v) is 9.00. The van der Waals surface area contributed by atoms with E-state index < -0.39 is 0 Å². The standard InChI is InChI=1S/C12H17NO/c1-4-10-5-7-11(8-6-10)12(13-3)9(2)14/h5-8,12-13H,4H2,1-3H3. The summed E-state index contributed by atoms with van der Waals surface area (Å²) >= 11 is 0. The first kappa shape index (κ1) is 10.9. The van der Waals surface area contributed by atoms with Crippen LogP contribution in [0.3, 0.4) is 0 Å². The summed E-state index contributed by atoms with van der Waals surface area (Å²) in [5, 5.41) is 3.01. The molecular weight excluding hydrogens is 174 g/mol. The van der Waals surface area contributed by atoms with E-state index in [9.17, 15) is 4.79 Å². The molecule has 1 unspecified atom stereocenters. The molecule has 1 N–H and O–H groups in total. The molecule has 1 rings (SSSR count). The van der Waals surface area contributed by atoms with Crippen molar-refractivity contribution in [3.05, 3.63) is 35.4 Å². The molecule has 0 aliphatic carbocycles. The largest absolute Gasteiger partial charge is 0.307 e. The number of hydrogen-bond acceptors (Lipinski definition) is 2. The van der Waals surface area contributed by atoms with Crippen molar-refractivity contribution in [2.24, 2.45) is 0 Å². The van der Waals surface area contributed by atoms with Gasteiger partial charge in [-0.15, -0.1) is 0 Å². The summed E-state index contributed by atoms with van der Waals surface area (Å²) in [5.74, 6) is 0.150. The Balaban J connectivity index is 2.89. The summed E-state index contributed by atoms with van der Waals surface area (Å²) in [6, 6.07) is 8.01. The normalized spacial score (nSPS) is 12.5. The van der Waals surface area contributed by atoms with Crippen molar-refractivity contribution in [2.75, 3.05) is 7.05 Å². The van der Waals surface area contributed by atoms with Gasteiger partial charge in [0.1, 0.15) is 0 Å². The molecule has 0 spiro atoms. The van der Waals surface area contributed by atoms with Crippen molar-refractivity contribution in [3.63, 3.8) is 0 Å². The highest BCUT2D eigenvalue weighted by Crippen LogP contribution is 2.14. The fourth-order valence-electron chi connectivity index (χ4n) is 1.55. The number of benzene rings is 1. The molecule has 76 valence electrons. The van der Waals surface area contributed by atoms with Crippen molar-refractivity contribution in [1.82, 2.24) is 5.32 Å². The zero-order valence-electron chi connectivity index (χ0n) is 9.00. The topological polar surface area (TPSA) is 29.1 Å². The number of aryl methyl sites for hydroxylation is 1. The molecule has 1 aromatic rings. The molecule has 0 saturated heterocycles. The number of carbonyl (C=O) groups is 1. The van der Waals surface area contributed by atoms with Crippen LogP contribution in [0.5, 0.6) is 0 Å². The number of carbonyl (C=O) groups excluding carboxylic acids is 1. The van der Waals surface area contributed by atoms with Crippen LogP contribution in [-0.4, -0.2) is 12.8 Å². The van der Waals surface area contributed by atoms with E-state index in [0.29, 0.717) is 0 Å². The van der Waals surface area contributed by atoms with Crippen LogP contribution in [0.4, 0.5) is 0 Å². The van der Waals surface area contributed by atoms with Crippen molar-refractivity contribution < 1.29 is 4.79 Å². The Morgan fingerprint density at radius 2 is 1.93 bits per heavy atom. The zero-order chi connectivity index (χ0) is 10.6. The molecule has 0 radical (unpaired) electrons. The summed E-state index contributed by atoms with van der Waals surface area (Å²) < 4.78 is 0. The number of ketones is 1. The fourth-order valence-corrected chi connectivity index (χ4v) is 1.55. The second-order valence-electron chi connectivity index (χ2n) is 3.43. The molecule has 0 aliphatic rings. The third-order valence-corrected chi connectivity index (χ3v) is 2.42. The molecule has 1 aromatic carbocycles. The Hall–Kier alpha value is -1.15. The smallest absolute Gasteiger partial charge is 0.151 e. The Labute approximate surface area is 85.3 Å². The quantitative estimate of drug-likeness (QED) is 0.789. The van der Waals surface area contributed by atoms with E-state index in [1.165, 1.54) is 5.56 Å². The van der Waals surface area contributed by atoms with Gasteiger partial charge in [0.05, 0.1) is 6.04 Å². The fraction of sp³-hybridized carbons (Fsp3) is 0.417. The van der Waals surface area contributed by atoms with Crippen LogP contribution in [0.1, 0.15) is 31.0 Å². The van der Waals surface area contributed by atoms with Gasteiger partial charge in [0, 0.05) is 0 Å². The molecule has 0 aliphatic heterocycles. The predicted molar refractivity (Wildman–Crippen MR) is 58.3 cm³/mol. The number of rotatable bonds is 4. The maximum Gasteiger partial charge on any atom is 0.151 e. The third kappa shape index (κ3) is 2.42. The van der Waals surface area contributed by atoms with Crippen LogP contribution >= 0.6 is 0 Å². The maximum absolute atomic E-state index is 11.3. The van der Waals surface area contributed by atoms with E-state index in [0.717, 1.165) is 12.0 Å². The van der Waals surface area contributed by atoms with E-state index in [4.69, 9.17) is 0 Å². The number of likely N-dealkylation sites (N-methyl/N-ethyl adjacent to an activating group) is 1. The van der Waals surface area contributed by atoms with Crippen LogP contribution in [0.2, 0.25) is 0 Å². The maximum atomic E-state index is 11.3. The van der Waals surface area contributed by atoms with Crippen molar-refractivity contribution in [2.45, 2.75) is 26.3 Å². The Morgan fingerprint density at radius 1 is 1.36 bits per heavy atom. The second kappa shape index (κ2) is 4.91. The second-order valence-corrected chi connectivity index (χ2v) is 3.43. The first-order valence-electron chi connectivity index (χ1n) is 4.95. The Bertz CT molecular complexity index is 303. The third-order valence-electron chi connectivity index (χ3n) is 2.42. The number of hydrogen-bond donors (Lipinski definition) is 1. The molecule has 0 fully saturated rings. The Kier molecular flexibility index (Phi) is 3.84. The monoisotopic (exact) mass is 191 g/mol. The summed E-state index contributed by atoms with van der Waals surface area (Å²) in [4.78, 5) is 11.3. The first-order chi connectivity index (χ1) is 6.69. The summed E-state index contributed by atoms with van der Waals surface area (Å²) in [6.07, 6.45) is 1.03. The lowest BCUT2D eigenvalue weighted by Gasteiger charge is -2.13. The van der Waals surface area contributed by atoms with Crippen LogP contribution < -0.4 is 5.32 Å². The van der Waals surface area contributed by atoms with Crippen molar-refractivity contribution in [3.8, 4) is 0 Å². The summed E-state index contributed by atoms with van der Waals surface area (Å²) in [5.41, 5.74) is 2.34. The summed E-state index contributed by atoms with van der Waals surface area (Å²) in [7, 11) is 1.81. The molecule has 1 atom stereocenters. The van der Waals surface area contributed by atoms with Crippen molar-refractivity contribution in [1.29, 1.82) is 0 Å². The van der Waals surface area contributed by atoms with Crippen LogP contribution in [0.25, 0.3) is 0 Å². The van der Waals surface area contributed by atoms with Gasteiger partial charge in [-0.3, -0.25) is 4.79 Å². The van der Waals surface area contributed by atoms with Gasteiger partial charge in [0.2, 0.25) is 0 Å². The minimum atomic E-state index is -0.166. The molecule has 2 nitrogen and oxygen atoms in total. The molecule has 0 aromatic heterocycles. The molecule has 0 bridgehead atoms. The van der Waals surface area contributed by atoms with E-state index in [-0.39, 0.29) is 11.8 Å². The lowest BCUT2D eigenvalue weighted by atomic mass is 10.0. The molecule has 0 amide bonds. The number of Topliss-reactive ketones (excluding diaryl/α,β-unsaturated/α-hetero) is 1. The molecule has 0 heterocycles. The van der Waals surface area contributed by atoms with E-state index in [2.05, 4.69) is 24.4 Å². The van der Waals surface area contributed by atoms with Gasteiger partial charge in [0.15, 0.2) is 5.78 Å². The predicted octanol–water partition coefficient (Wildman–Crippen LogP) is 2.10. The Morgan fingerprint density at radius 3 is 2.29 bits per heavy atom. The van der Waals surface area contributed by atoms with E-state index >= 15 is 0 Å². The lowest BCUT2D eigenvalue weighted by Crippen LogP contribution is -2.23. The van der Waals surface area contributed by atoms with Gasteiger partial charge >= 0.3 is 0 Å². The minimum absolute atomic E-state index is 0.150. The van der Waals surface area contributed by atoms with Crippen LogP contribution in [0.15, 0.2) is 24.3 Å². The molecule has 0 saturated carbocycles. The highest BCUT2D eigenvalue weighted by Gasteiger charge is 2.13. The van der Waals surface area contributed by atoms with Crippen LogP contribution in [-0.2, 0) is 11.2 Å². The van der Waals surface area contributed by atoms with Gasteiger partial charge < -0.3 is 5.32 Å². The number of nitrogens with one attached hydrogen (secondary N) is 1. The van der Waals surface area contributed by atoms with Gasteiger partial charge in [-0.25, -0.2) is 0 Å². The summed E-state index contributed by atoms with van der Waals surface area (Å²) in [6.45, 7) is 3.73. The average molecular weight is 191 g/mol. The van der Waals surface area contributed by atoms with Gasteiger partial charge in [-0.1, -0.05) is 31.2 Å². The van der Waals surface area contributed by atoms with Gasteiger partial charge in [-0.05, 0) is 31.5 Å². The van der Waals surface area contributed by atoms with Crippen LogP contribution in [0, 0.1) is 0 Å². The van der Waals surface area contributed by atoms with E-state index in [1.54, 1.807) is 14.0 Å². The molecule has 14 heavy (non-hydrogen) atoms. The molecular formula is C12H17NO. The average Bonchev–Trinajstić information content (AvgIpc) is 2.19. The van der Waals surface area contributed by atoms with E-state index in [1.807, 2.05) is 12.1 Å². The van der Waals surface area contributed by atoms with Gasteiger partial charge in [-0.2, -0.15) is 0 Å². The first-order valence-corrected chi connectivity index (χ1v) is 4.95. The minimum Gasteiger partial charge on any atom is -0.307 e. The molecule has 2 heteroatoms. The highest BCUT2D eigenvalue weighted by molar-refractivity contribution is 5.82. The SMILES string of the molecule is CCc1ccc(C(NC)C(C)=O)cc1. The van der Waals surface area contributed by atoms with Gasteiger partial charge in [0.25, 0.3) is 0 Å². The highest BCUT2D eigenvalue weighted by atomic mass is 16.1. The van der Waals surface area contributed by atoms with Crippen molar-refractivity contribution >= 4 is 5.78 Å². The lowest BCUT2D eigenvalue weighted by molar-refractivity contribution is -0.119.